The van der Waals surface area contributed by atoms with Crippen LogP contribution in [0.15, 0.2) is 85.1 Å². The Kier molecular flexibility index (Phi) is 10.8. The summed E-state index contributed by atoms with van der Waals surface area (Å²) in [7, 11) is 0. The number of aromatic nitrogens is 1. The Balaban J connectivity index is 1.55. The van der Waals surface area contributed by atoms with Gasteiger partial charge in [0.15, 0.2) is 0 Å². The highest BCUT2D eigenvalue weighted by atomic mass is 35.5. The Labute approximate surface area is 247 Å². The molecule has 1 heterocycles. The minimum atomic E-state index is -0.812. The first-order chi connectivity index (χ1) is 19.8. The summed E-state index contributed by atoms with van der Waals surface area (Å²) in [6.45, 7) is 8.23. The van der Waals surface area contributed by atoms with Gasteiger partial charge in [-0.1, -0.05) is 96.4 Å². The molecule has 0 aliphatic carbocycles. The normalized spacial score (nSPS) is 11.8. The molecule has 0 radical (unpaired) electrons. The molecule has 1 aromatic heterocycles. The maximum absolute atomic E-state index is 11.6. The van der Waals surface area contributed by atoms with Crippen LogP contribution < -0.4 is 9.47 Å². The third-order valence-electron chi connectivity index (χ3n) is 6.96. The van der Waals surface area contributed by atoms with Crippen molar-refractivity contribution in [2.24, 2.45) is 5.92 Å². The fourth-order valence-electron chi connectivity index (χ4n) is 4.61. The molecule has 0 amide bonds. The van der Waals surface area contributed by atoms with E-state index in [1.54, 1.807) is 13.1 Å². The number of para-hydroxylation sites is 1. The van der Waals surface area contributed by atoms with Crippen molar-refractivity contribution < 1.29 is 19.4 Å². The number of hydrogen-bond donors (Lipinski definition) is 1. The van der Waals surface area contributed by atoms with Crippen LogP contribution >= 0.6 is 11.6 Å². The molecule has 0 saturated heterocycles. The first-order valence-corrected chi connectivity index (χ1v) is 14.2. The van der Waals surface area contributed by atoms with E-state index in [0.29, 0.717) is 50.2 Å². The largest absolute Gasteiger partial charge is 0.489 e. The molecule has 0 saturated carbocycles. The minimum Gasteiger partial charge on any atom is -0.489 e. The first-order valence-electron chi connectivity index (χ1n) is 13.8. The van der Waals surface area contributed by atoms with Crippen molar-refractivity contribution in [2.75, 3.05) is 6.54 Å². The third-order valence-corrected chi connectivity index (χ3v) is 7.29. The lowest BCUT2D eigenvalue weighted by molar-refractivity contribution is -0.141. The van der Waals surface area contributed by atoms with Gasteiger partial charge in [-0.2, -0.15) is 0 Å². The van der Waals surface area contributed by atoms with Gasteiger partial charge in [-0.05, 0) is 50.1 Å². The standard InChI is InChI=1S/C34H37ClN2O4/c1-24-8-6-10-27(18-24)22-40-31-13-5-4-12-29(31)20-37(17-15-26(3)34(38)39)21-30-32(14-16-36-33(30)35)41-23-28-11-7-9-25(2)19-28/h4-14,16,18-19,26H,15,17,20-23H2,1-3H3,(H,38,39)/t26-/m0/s1. The molecule has 3 aromatic carbocycles. The number of rotatable bonds is 14. The number of pyridine rings is 1. The van der Waals surface area contributed by atoms with Crippen molar-refractivity contribution >= 4 is 17.6 Å². The molecule has 4 aromatic rings. The first kappa shape index (κ1) is 30.1. The monoisotopic (exact) mass is 572 g/mol. The fourth-order valence-corrected chi connectivity index (χ4v) is 4.82. The molecule has 0 aliphatic heterocycles. The van der Waals surface area contributed by atoms with E-state index in [1.165, 1.54) is 11.1 Å². The number of aryl methyl sites for hydroxylation is 2. The molecule has 0 fully saturated rings. The highest BCUT2D eigenvalue weighted by Gasteiger charge is 2.19. The van der Waals surface area contributed by atoms with E-state index in [-0.39, 0.29) is 0 Å². The van der Waals surface area contributed by atoms with Crippen molar-refractivity contribution in [1.82, 2.24) is 9.88 Å². The predicted molar refractivity (Wildman–Crippen MR) is 162 cm³/mol. The van der Waals surface area contributed by atoms with Crippen LogP contribution in [-0.4, -0.2) is 27.5 Å². The molecule has 1 N–H and O–H groups in total. The molecule has 0 aliphatic rings. The second-order valence-corrected chi connectivity index (χ2v) is 10.8. The number of halogens is 1. The van der Waals surface area contributed by atoms with Gasteiger partial charge in [0.05, 0.1) is 5.92 Å². The van der Waals surface area contributed by atoms with Gasteiger partial charge in [0.1, 0.15) is 29.9 Å². The lowest BCUT2D eigenvalue weighted by Gasteiger charge is -2.26. The van der Waals surface area contributed by atoms with Crippen LogP contribution in [0, 0.1) is 19.8 Å². The Bertz CT molecular complexity index is 1460. The summed E-state index contributed by atoms with van der Waals surface area (Å²) < 4.78 is 12.5. The van der Waals surface area contributed by atoms with Crippen molar-refractivity contribution in [3.63, 3.8) is 0 Å². The van der Waals surface area contributed by atoms with Crippen LogP contribution in [0.5, 0.6) is 11.5 Å². The van der Waals surface area contributed by atoms with E-state index in [1.807, 2.05) is 48.5 Å². The number of ether oxygens (including phenoxy) is 2. The van der Waals surface area contributed by atoms with Gasteiger partial charge in [0, 0.05) is 30.4 Å². The summed E-state index contributed by atoms with van der Waals surface area (Å²) in [4.78, 5) is 18.1. The Hall–Kier alpha value is -3.87. The second kappa shape index (κ2) is 14.7. The Morgan fingerprint density at radius 3 is 2.15 bits per heavy atom. The zero-order valence-electron chi connectivity index (χ0n) is 23.8. The highest BCUT2D eigenvalue weighted by molar-refractivity contribution is 6.30. The quantitative estimate of drug-likeness (QED) is 0.157. The smallest absolute Gasteiger partial charge is 0.306 e. The number of carboxylic acids is 1. The molecule has 7 heteroatoms. The van der Waals surface area contributed by atoms with Crippen LogP contribution in [-0.2, 0) is 31.1 Å². The number of benzene rings is 3. The molecule has 4 rings (SSSR count). The van der Waals surface area contributed by atoms with Gasteiger partial charge in [0.2, 0.25) is 0 Å². The summed E-state index contributed by atoms with van der Waals surface area (Å²) in [5, 5.41) is 9.88. The van der Waals surface area contributed by atoms with E-state index in [9.17, 15) is 9.90 Å². The van der Waals surface area contributed by atoms with Crippen molar-refractivity contribution in [2.45, 2.75) is 53.5 Å². The fraction of sp³-hybridized carbons (Fsp3) is 0.294. The lowest BCUT2D eigenvalue weighted by Crippen LogP contribution is -2.27. The van der Waals surface area contributed by atoms with Crippen LogP contribution in [0.25, 0.3) is 0 Å². The van der Waals surface area contributed by atoms with E-state index < -0.39 is 11.9 Å². The molecule has 0 spiro atoms. The molecular weight excluding hydrogens is 536 g/mol. The van der Waals surface area contributed by atoms with Gasteiger partial charge in [0.25, 0.3) is 0 Å². The SMILES string of the molecule is Cc1cccc(COc2ccccc2CN(CC[C@H](C)C(=O)O)Cc2c(OCc3cccc(C)c3)ccnc2Cl)c1. The molecule has 41 heavy (non-hydrogen) atoms. The maximum atomic E-state index is 11.6. The van der Waals surface area contributed by atoms with Crippen molar-refractivity contribution in [1.29, 1.82) is 0 Å². The number of carboxylic acid groups (broad SMARTS) is 1. The average Bonchev–Trinajstić information content (AvgIpc) is 2.95. The van der Waals surface area contributed by atoms with Gasteiger partial charge in [-0.3, -0.25) is 9.69 Å². The number of carbonyl (C=O) groups is 1. The number of aliphatic carboxylic acids is 1. The van der Waals surface area contributed by atoms with Gasteiger partial charge < -0.3 is 14.6 Å². The Morgan fingerprint density at radius 1 is 0.878 bits per heavy atom. The van der Waals surface area contributed by atoms with Gasteiger partial charge >= 0.3 is 5.97 Å². The topological polar surface area (TPSA) is 71.9 Å². The van der Waals surface area contributed by atoms with Crippen LogP contribution in [0.3, 0.4) is 0 Å². The Morgan fingerprint density at radius 2 is 1.51 bits per heavy atom. The van der Waals surface area contributed by atoms with Crippen LogP contribution in [0.4, 0.5) is 0 Å². The number of hydrogen-bond acceptors (Lipinski definition) is 5. The van der Waals surface area contributed by atoms with Crippen LogP contribution in [0.2, 0.25) is 5.15 Å². The average molecular weight is 573 g/mol. The second-order valence-electron chi connectivity index (χ2n) is 10.5. The van der Waals surface area contributed by atoms with Crippen molar-refractivity contribution in [3.8, 4) is 11.5 Å². The van der Waals surface area contributed by atoms with E-state index in [2.05, 4.69) is 54.1 Å². The molecular formula is C34H37ClN2O4. The molecule has 6 nitrogen and oxygen atoms in total. The summed E-state index contributed by atoms with van der Waals surface area (Å²) in [6, 6.07) is 26.2. The lowest BCUT2D eigenvalue weighted by atomic mass is 10.1. The predicted octanol–water partition coefficient (Wildman–Crippen LogP) is 7.62. The molecule has 0 unspecified atom stereocenters. The summed E-state index contributed by atoms with van der Waals surface area (Å²) in [6.07, 6.45) is 2.13. The number of nitrogens with zero attached hydrogens (tertiary/aromatic N) is 2. The van der Waals surface area contributed by atoms with Gasteiger partial charge in [-0.25, -0.2) is 4.98 Å². The maximum Gasteiger partial charge on any atom is 0.306 e. The highest BCUT2D eigenvalue weighted by Crippen LogP contribution is 2.29. The van der Waals surface area contributed by atoms with E-state index in [0.717, 1.165) is 28.0 Å². The third kappa shape index (κ3) is 9.07. The summed E-state index contributed by atoms with van der Waals surface area (Å²) in [5.41, 5.74) is 6.29. The summed E-state index contributed by atoms with van der Waals surface area (Å²) >= 11 is 6.62. The molecule has 214 valence electrons. The van der Waals surface area contributed by atoms with E-state index in [4.69, 9.17) is 21.1 Å². The minimum absolute atomic E-state index is 0.368. The van der Waals surface area contributed by atoms with Gasteiger partial charge in [-0.15, -0.1) is 0 Å². The van der Waals surface area contributed by atoms with Crippen molar-refractivity contribution in [3.05, 3.63) is 124 Å². The van der Waals surface area contributed by atoms with E-state index >= 15 is 0 Å². The zero-order chi connectivity index (χ0) is 29.2. The van der Waals surface area contributed by atoms with Crippen LogP contribution in [0.1, 0.15) is 46.7 Å². The molecule has 1 atom stereocenters. The zero-order valence-corrected chi connectivity index (χ0v) is 24.6. The summed E-state index contributed by atoms with van der Waals surface area (Å²) in [5.74, 6) is 0.158. The molecule has 0 bridgehead atoms.